The van der Waals surface area contributed by atoms with Gasteiger partial charge in [-0.1, -0.05) is 18.2 Å². The van der Waals surface area contributed by atoms with Gasteiger partial charge in [-0.3, -0.25) is 9.36 Å². The summed E-state index contributed by atoms with van der Waals surface area (Å²) >= 11 is 0. The Hall–Kier alpha value is -2.62. The van der Waals surface area contributed by atoms with E-state index in [2.05, 4.69) is 11.1 Å². The SMILES string of the molecule is Cc1cccc(-n2cnc3c(C(N)=O)cccc32)c1. The summed E-state index contributed by atoms with van der Waals surface area (Å²) in [6.45, 7) is 2.04. The lowest BCUT2D eigenvalue weighted by atomic mass is 10.1. The van der Waals surface area contributed by atoms with E-state index in [1.54, 1.807) is 12.4 Å². The Labute approximate surface area is 110 Å². The number of hydrogen-bond donors (Lipinski definition) is 1. The molecular formula is C15H13N3O. The van der Waals surface area contributed by atoms with Crippen LogP contribution >= 0.6 is 0 Å². The van der Waals surface area contributed by atoms with E-state index < -0.39 is 5.91 Å². The van der Waals surface area contributed by atoms with Gasteiger partial charge < -0.3 is 5.73 Å². The maximum atomic E-state index is 11.4. The van der Waals surface area contributed by atoms with Crippen LogP contribution in [-0.2, 0) is 0 Å². The summed E-state index contributed by atoms with van der Waals surface area (Å²) in [5.41, 5.74) is 9.51. The molecule has 0 atom stereocenters. The van der Waals surface area contributed by atoms with Gasteiger partial charge in [-0.25, -0.2) is 4.98 Å². The highest BCUT2D eigenvalue weighted by molar-refractivity contribution is 6.04. The molecule has 0 spiro atoms. The number of hydrogen-bond acceptors (Lipinski definition) is 2. The third kappa shape index (κ3) is 1.87. The summed E-state index contributed by atoms with van der Waals surface area (Å²) in [5.74, 6) is -0.458. The zero-order valence-electron chi connectivity index (χ0n) is 10.5. The Morgan fingerprint density at radius 1 is 1.21 bits per heavy atom. The molecule has 3 aromatic rings. The molecule has 0 saturated carbocycles. The van der Waals surface area contributed by atoms with Crippen LogP contribution in [0, 0.1) is 6.92 Å². The fraction of sp³-hybridized carbons (Fsp3) is 0.0667. The number of fused-ring (bicyclic) bond motifs is 1. The molecular weight excluding hydrogens is 238 g/mol. The molecule has 0 bridgehead atoms. The van der Waals surface area contributed by atoms with Crippen LogP contribution in [0.15, 0.2) is 48.8 Å². The third-order valence-electron chi connectivity index (χ3n) is 3.12. The monoisotopic (exact) mass is 251 g/mol. The third-order valence-corrected chi connectivity index (χ3v) is 3.12. The number of imidazole rings is 1. The van der Waals surface area contributed by atoms with Crippen LogP contribution in [0.1, 0.15) is 15.9 Å². The van der Waals surface area contributed by atoms with Crippen molar-refractivity contribution in [1.29, 1.82) is 0 Å². The molecule has 3 rings (SSSR count). The van der Waals surface area contributed by atoms with Crippen molar-refractivity contribution in [2.75, 3.05) is 0 Å². The van der Waals surface area contributed by atoms with Gasteiger partial charge in [-0.2, -0.15) is 0 Å². The summed E-state index contributed by atoms with van der Waals surface area (Å²) in [6.07, 6.45) is 1.71. The number of nitrogens with zero attached hydrogens (tertiary/aromatic N) is 2. The average molecular weight is 251 g/mol. The Morgan fingerprint density at radius 3 is 2.74 bits per heavy atom. The molecule has 0 aliphatic carbocycles. The van der Waals surface area contributed by atoms with Crippen molar-refractivity contribution in [1.82, 2.24) is 9.55 Å². The zero-order valence-corrected chi connectivity index (χ0v) is 10.5. The zero-order chi connectivity index (χ0) is 13.4. The van der Waals surface area contributed by atoms with E-state index in [9.17, 15) is 4.79 Å². The van der Waals surface area contributed by atoms with E-state index in [4.69, 9.17) is 5.73 Å². The first kappa shape index (κ1) is 11.5. The Kier molecular flexibility index (Phi) is 2.56. The Balaban J connectivity index is 2.27. The number of benzene rings is 2. The largest absolute Gasteiger partial charge is 0.366 e. The smallest absolute Gasteiger partial charge is 0.250 e. The van der Waals surface area contributed by atoms with Gasteiger partial charge in [-0.15, -0.1) is 0 Å². The molecule has 0 saturated heterocycles. The number of carbonyl (C=O) groups excluding carboxylic acids is 1. The van der Waals surface area contributed by atoms with Crippen molar-refractivity contribution < 1.29 is 4.79 Å². The molecule has 1 aromatic heterocycles. The topological polar surface area (TPSA) is 60.9 Å². The molecule has 2 aromatic carbocycles. The van der Waals surface area contributed by atoms with Crippen molar-refractivity contribution >= 4 is 16.9 Å². The van der Waals surface area contributed by atoms with Crippen LogP contribution in [-0.4, -0.2) is 15.5 Å². The van der Waals surface area contributed by atoms with Gasteiger partial charge in [-0.05, 0) is 36.8 Å². The van der Waals surface area contributed by atoms with Crippen molar-refractivity contribution in [3.63, 3.8) is 0 Å². The van der Waals surface area contributed by atoms with Gasteiger partial charge >= 0.3 is 0 Å². The number of amides is 1. The van der Waals surface area contributed by atoms with E-state index in [1.807, 2.05) is 41.8 Å². The first-order chi connectivity index (χ1) is 9.16. The molecule has 4 nitrogen and oxygen atoms in total. The summed E-state index contributed by atoms with van der Waals surface area (Å²) < 4.78 is 1.95. The first-order valence-electron chi connectivity index (χ1n) is 6.00. The van der Waals surface area contributed by atoms with Gasteiger partial charge in [0.25, 0.3) is 5.91 Å². The quantitative estimate of drug-likeness (QED) is 0.760. The second-order valence-electron chi connectivity index (χ2n) is 4.49. The van der Waals surface area contributed by atoms with Gasteiger partial charge in [0.2, 0.25) is 0 Å². The van der Waals surface area contributed by atoms with Gasteiger partial charge in [0.15, 0.2) is 0 Å². The molecule has 4 heteroatoms. The maximum absolute atomic E-state index is 11.4. The number of aryl methyl sites for hydroxylation is 1. The normalized spacial score (nSPS) is 10.8. The van der Waals surface area contributed by atoms with Gasteiger partial charge in [0, 0.05) is 5.69 Å². The average Bonchev–Trinajstić information content (AvgIpc) is 2.82. The molecule has 19 heavy (non-hydrogen) atoms. The lowest BCUT2D eigenvalue weighted by Crippen LogP contribution is -2.11. The molecule has 0 aliphatic rings. The summed E-state index contributed by atoms with van der Waals surface area (Å²) in [6, 6.07) is 13.5. The predicted molar refractivity (Wildman–Crippen MR) is 74.3 cm³/mol. The number of rotatable bonds is 2. The summed E-state index contributed by atoms with van der Waals surface area (Å²) in [7, 11) is 0. The van der Waals surface area contributed by atoms with E-state index in [0.29, 0.717) is 11.1 Å². The van der Waals surface area contributed by atoms with Crippen molar-refractivity contribution in [3.8, 4) is 5.69 Å². The van der Waals surface area contributed by atoms with Crippen LogP contribution in [0.3, 0.4) is 0 Å². The molecule has 0 aliphatic heterocycles. The Morgan fingerprint density at radius 2 is 2.00 bits per heavy atom. The molecule has 0 unspecified atom stereocenters. The number of aromatic nitrogens is 2. The number of para-hydroxylation sites is 1. The van der Waals surface area contributed by atoms with E-state index in [1.165, 1.54) is 5.56 Å². The minimum atomic E-state index is -0.458. The Bertz CT molecular complexity index is 774. The minimum Gasteiger partial charge on any atom is -0.366 e. The molecule has 2 N–H and O–H groups in total. The number of nitrogens with two attached hydrogens (primary N) is 1. The lowest BCUT2D eigenvalue weighted by molar-refractivity contribution is 0.100. The van der Waals surface area contributed by atoms with Crippen LogP contribution < -0.4 is 5.73 Å². The molecule has 94 valence electrons. The van der Waals surface area contributed by atoms with Crippen molar-refractivity contribution in [2.45, 2.75) is 6.92 Å². The first-order valence-corrected chi connectivity index (χ1v) is 6.00. The highest BCUT2D eigenvalue weighted by atomic mass is 16.1. The molecule has 1 heterocycles. The van der Waals surface area contributed by atoms with Gasteiger partial charge in [0.05, 0.1) is 11.1 Å². The van der Waals surface area contributed by atoms with Crippen LogP contribution in [0.4, 0.5) is 0 Å². The fourth-order valence-electron chi connectivity index (χ4n) is 2.22. The summed E-state index contributed by atoms with van der Waals surface area (Å²) in [5, 5.41) is 0. The number of carbonyl (C=O) groups is 1. The van der Waals surface area contributed by atoms with Crippen molar-refractivity contribution in [3.05, 3.63) is 59.9 Å². The molecule has 0 radical (unpaired) electrons. The van der Waals surface area contributed by atoms with Crippen LogP contribution in [0.25, 0.3) is 16.7 Å². The van der Waals surface area contributed by atoms with E-state index >= 15 is 0 Å². The second-order valence-corrected chi connectivity index (χ2v) is 4.49. The maximum Gasteiger partial charge on any atom is 0.250 e. The van der Waals surface area contributed by atoms with Crippen molar-refractivity contribution in [2.24, 2.45) is 5.73 Å². The second kappa shape index (κ2) is 4.24. The minimum absolute atomic E-state index is 0.448. The summed E-state index contributed by atoms with van der Waals surface area (Å²) in [4.78, 5) is 15.7. The van der Waals surface area contributed by atoms with E-state index in [0.717, 1.165) is 11.2 Å². The van der Waals surface area contributed by atoms with Crippen LogP contribution in [0.5, 0.6) is 0 Å². The standard InChI is InChI=1S/C15H13N3O/c1-10-4-2-5-11(8-10)18-9-17-14-12(15(16)19)6-3-7-13(14)18/h2-9H,1H3,(H2,16,19). The fourth-order valence-corrected chi connectivity index (χ4v) is 2.22. The highest BCUT2D eigenvalue weighted by Crippen LogP contribution is 2.21. The van der Waals surface area contributed by atoms with Gasteiger partial charge in [0.1, 0.15) is 11.8 Å². The highest BCUT2D eigenvalue weighted by Gasteiger charge is 2.11. The van der Waals surface area contributed by atoms with Crippen LogP contribution in [0.2, 0.25) is 0 Å². The molecule has 0 fully saturated rings. The molecule has 1 amide bonds. The lowest BCUT2D eigenvalue weighted by Gasteiger charge is -2.05. The van der Waals surface area contributed by atoms with E-state index in [-0.39, 0.29) is 0 Å². The number of primary amides is 1. The predicted octanol–water partition coefficient (Wildman–Crippen LogP) is 2.43.